The van der Waals surface area contributed by atoms with Crippen LogP contribution in [0.5, 0.6) is 0 Å². The average molecular weight is 265 g/mol. The summed E-state index contributed by atoms with van der Waals surface area (Å²) in [6.45, 7) is 3.34. The minimum absolute atomic E-state index is 0.582. The zero-order valence-corrected chi connectivity index (χ0v) is 11.8. The Labute approximate surface area is 119 Å². The van der Waals surface area contributed by atoms with Crippen LogP contribution in [0, 0.1) is 0 Å². The highest BCUT2D eigenvalue weighted by Crippen LogP contribution is 2.33. The molecule has 0 unspecified atom stereocenters. The van der Waals surface area contributed by atoms with E-state index >= 15 is 0 Å². The summed E-state index contributed by atoms with van der Waals surface area (Å²) in [7, 11) is 0. The van der Waals surface area contributed by atoms with Gasteiger partial charge in [0.15, 0.2) is 0 Å². The monoisotopic (exact) mass is 265 g/mol. The molecular formula is C17H19N3. The van der Waals surface area contributed by atoms with Crippen LogP contribution in [-0.4, -0.2) is 22.6 Å². The molecule has 1 atom stereocenters. The first-order valence-electron chi connectivity index (χ1n) is 7.55. The summed E-state index contributed by atoms with van der Waals surface area (Å²) in [4.78, 5) is 12.1. The number of anilines is 1. The summed E-state index contributed by atoms with van der Waals surface area (Å²) in [6, 6.07) is 11.1. The first-order valence-corrected chi connectivity index (χ1v) is 7.55. The quantitative estimate of drug-likeness (QED) is 0.834. The summed E-state index contributed by atoms with van der Waals surface area (Å²) in [5, 5.41) is 0. The first-order chi connectivity index (χ1) is 9.83. The van der Waals surface area contributed by atoms with Crippen LogP contribution in [0.15, 0.2) is 30.3 Å². The highest BCUT2D eigenvalue weighted by Gasteiger charge is 2.29. The van der Waals surface area contributed by atoms with Gasteiger partial charge in [0.25, 0.3) is 0 Å². The molecule has 0 bridgehead atoms. The normalized spacial score (nSPS) is 20.6. The van der Waals surface area contributed by atoms with E-state index in [0.29, 0.717) is 6.04 Å². The molecule has 0 saturated carbocycles. The maximum absolute atomic E-state index is 4.90. The smallest absolute Gasteiger partial charge is 0.226 e. The van der Waals surface area contributed by atoms with Crippen LogP contribution < -0.4 is 4.90 Å². The molecule has 0 radical (unpaired) electrons. The lowest BCUT2D eigenvalue weighted by molar-refractivity contribution is 0.470. The number of hydrogen-bond donors (Lipinski definition) is 0. The summed E-state index contributed by atoms with van der Waals surface area (Å²) in [6.07, 6.45) is 4.69. The van der Waals surface area contributed by atoms with Gasteiger partial charge in [-0.25, -0.2) is 9.97 Å². The van der Waals surface area contributed by atoms with E-state index in [1.807, 2.05) is 0 Å². The highest BCUT2D eigenvalue weighted by atomic mass is 15.3. The minimum Gasteiger partial charge on any atom is -0.338 e. The van der Waals surface area contributed by atoms with Crippen LogP contribution in [0.2, 0.25) is 0 Å². The summed E-state index contributed by atoms with van der Waals surface area (Å²) in [5.41, 5.74) is 5.02. The van der Waals surface area contributed by atoms with E-state index in [2.05, 4.69) is 42.2 Å². The zero-order chi connectivity index (χ0) is 13.5. The van der Waals surface area contributed by atoms with Crippen LogP contribution in [0.25, 0.3) is 11.3 Å². The van der Waals surface area contributed by atoms with E-state index in [4.69, 9.17) is 9.97 Å². The van der Waals surface area contributed by atoms with Gasteiger partial charge in [0.2, 0.25) is 5.95 Å². The van der Waals surface area contributed by atoms with Crippen molar-refractivity contribution in [1.82, 2.24) is 9.97 Å². The predicted molar refractivity (Wildman–Crippen MR) is 80.9 cm³/mol. The second kappa shape index (κ2) is 4.58. The van der Waals surface area contributed by atoms with Crippen LogP contribution in [-0.2, 0) is 12.8 Å². The number of aryl methyl sites for hydroxylation is 1. The van der Waals surface area contributed by atoms with Crippen LogP contribution >= 0.6 is 0 Å². The molecule has 1 saturated heterocycles. The molecule has 3 heteroatoms. The van der Waals surface area contributed by atoms with Gasteiger partial charge in [0, 0.05) is 29.4 Å². The molecule has 3 nitrogen and oxygen atoms in total. The number of nitrogens with zero attached hydrogens (tertiary/aromatic N) is 3. The Balaban J connectivity index is 1.85. The van der Waals surface area contributed by atoms with Crippen molar-refractivity contribution in [2.75, 3.05) is 11.4 Å². The first kappa shape index (κ1) is 11.9. The van der Waals surface area contributed by atoms with Gasteiger partial charge in [-0.1, -0.05) is 30.3 Å². The van der Waals surface area contributed by atoms with E-state index in [1.165, 1.54) is 29.7 Å². The van der Waals surface area contributed by atoms with Gasteiger partial charge < -0.3 is 4.90 Å². The number of rotatable bonds is 2. The summed E-state index contributed by atoms with van der Waals surface area (Å²) >= 11 is 0. The van der Waals surface area contributed by atoms with Crippen molar-refractivity contribution in [2.24, 2.45) is 0 Å². The number of fused-ring (bicyclic) bond motifs is 1. The van der Waals surface area contributed by atoms with Crippen LogP contribution in [0.3, 0.4) is 0 Å². The second-order valence-corrected chi connectivity index (χ2v) is 5.85. The van der Waals surface area contributed by atoms with Crippen molar-refractivity contribution in [3.05, 3.63) is 41.6 Å². The topological polar surface area (TPSA) is 29.0 Å². The van der Waals surface area contributed by atoms with Gasteiger partial charge in [-0.2, -0.15) is 0 Å². The Hall–Kier alpha value is -1.90. The van der Waals surface area contributed by atoms with Gasteiger partial charge in [0.05, 0.1) is 5.69 Å². The fourth-order valence-corrected chi connectivity index (χ4v) is 3.20. The largest absolute Gasteiger partial charge is 0.338 e. The van der Waals surface area contributed by atoms with Gasteiger partial charge >= 0.3 is 0 Å². The molecule has 1 aliphatic carbocycles. The molecule has 102 valence electrons. The fraction of sp³-hybridized carbons (Fsp3) is 0.412. The zero-order valence-electron chi connectivity index (χ0n) is 11.8. The molecule has 0 spiro atoms. The molecule has 1 aromatic carbocycles. The predicted octanol–water partition coefficient (Wildman–Crippen LogP) is 3.23. The maximum Gasteiger partial charge on any atom is 0.226 e. The lowest BCUT2D eigenvalue weighted by Gasteiger charge is -2.39. The van der Waals surface area contributed by atoms with Gasteiger partial charge in [-0.15, -0.1) is 0 Å². The van der Waals surface area contributed by atoms with Crippen molar-refractivity contribution < 1.29 is 0 Å². The van der Waals surface area contributed by atoms with Crippen molar-refractivity contribution in [2.45, 2.75) is 38.6 Å². The van der Waals surface area contributed by atoms with Crippen molar-refractivity contribution in [1.29, 1.82) is 0 Å². The third-order valence-corrected chi connectivity index (χ3v) is 4.55. The molecule has 1 aromatic heterocycles. The molecule has 0 amide bonds. The van der Waals surface area contributed by atoms with E-state index in [1.54, 1.807) is 0 Å². The number of benzene rings is 1. The summed E-state index contributed by atoms with van der Waals surface area (Å²) < 4.78 is 0. The lowest BCUT2D eigenvalue weighted by atomic mass is 10.0. The Bertz CT molecular complexity index is 636. The van der Waals surface area contributed by atoms with Gasteiger partial charge in [-0.3, -0.25) is 0 Å². The van der Waals surface area contributed by atoms with Crippen molar-refractivity contribution in [3.8, 4) is 11.3 Å². The third kappa shape index (κ3) is 1.80. The summed E-state index contributed by atoms with van der Waals surface area (Å²) in [5.74, 6) is 0.934. The Morgan fingerprint density at radius 3 is 2.65 bits per heavy atom. The van der Waals surface area contributed by atoms with E-state index in [0.717, 1.165) is 31.0 Å². The van der Waals surface area contributed by atoms with Gasteiger partial charge in [-0.05, 0) is 32.6 Å². The maximum atomic E-state index is 4.90. The Morgan fingerprint density at radius 2 is 1.95 bits per heavy atom. The highest BCUT2D eigenvalue weighted by molar-refractivity contribution is 5.66. The molecular weight excluding hydrogens is 246 g/mol. The van der Waals surface area contributed by atoms with Crippen LogP contribution in [0.4, 0.5) is 5.95 Å². The lowest BCUT2D eigenvalue weighted by Crippen LogP contribution is -2.46. The van der Waals surface area contributed by atoms with Crippen LogP contribution in [0.1, 0.15) is 31.0 Å². The molecule has 2 aromatic rings. The minimum atomic E-state index is 0.582. The molecule has 4 rings (SSSR count). The third-order valence-electron chi connectivity index (χ3n) is 4.55. The van der Waals surface area contributed by atoms with E-state index in [-0.39, 0.29) is 0 Å². The molecule has 1 aliphatic heterocycles. The average Bonchev–Trinajstić information content (AvgIpc) is 2.94. The molecule has 20 heavy (non-hydrogen) atoms. The van der Waals surface area contributed by atoms with E-state index in [9.17, 15) is 0 Å². The van der Waals surface area contributed by atoms with Crippen molar-refractivity contribution in [3.63, 3.8) is 0 Å². The molecule has 0 N–H and O–H groups in total. The second-order valence-electron chi connectivity index (χ2n) is 5.85. The fourth-order valence-electron chi connectivity index (χ4n) is 3.20. The standard InChI is InChI=1S/C17H19N3/c1-12-10-11-20(12)17-18-15-9-5-8-14(15)16(19-17)13-6-3-2-4-7-13/h2-4,6-7,12H,5,8-11H2,1H3/t12-/m0/s1. The van der Waals surface area contributed by atoms with Gasteiger partial charge in [0.1, 0.15) is 0 Å². The molecule has 1 fully saturated rings. The molecule has 2 aliphatic rings. The Morgan fingerprint density at radius 1 is 1.10 bits per heavy atom. The van der Waals surface area contributed by atoms with Crippen molar-refractivity contribution >= 4 is 5.95 Å². The number of aromatic nitrogens is 2. The molecule has 2 heterocycles. The Kier molecular flexibility index (Phi) is 2.72. The SMILES string of the molecule is C[C@H]1CCN1c1nc2c(c(-c3ccccc3)n1)CCC2. The number of hydrogen-bond acceptors (Lipinski definition) is 3. The van der Waals surface area contributed by atoms with E-state index < -0.39 is 0 Å².